The topological polar surface area (TPSA) is 12.0 Å². The summed E-state index contributed by atoms with van der Waals surface area (Å²) in [5, 5.41) is 3.68. The van der Waals surface area contributed by atoms with Crippen LogP contribution >= 0.6 is 0 Å². The molecule has 1 unspecified atom stereocenters. The van der Waals surface area contributed by atoms with Gasteiger partial charge in [0.2, 0.25) is 0 Å². The second kappa shape index (κ2) is 8.15. The summed E-state index contributed by atoms with van der Waals surface area (Å²) >= 11 is 0. The number of rotatable bonds is 9. The van der Waals surface area contributed by atoms with Gasteiger partial charge in [-0.2, -0.15) is 0 Å². The van der Waals surface area contributed by atoms with Crippen LogP contribution in [0.4, 0.5) is 0 Å². The highest BCUT2D eigenvalue weighted by atomic mass is 14.9. The van der Waals surface area contributed by atoms with Crippen molar-refractivity contribution >= 4 is 0 Å². The molecule has 15 heavy (non-hydrogen) atoms. The fourth-order valence-electron chi connectivity index (χ4n) is 2.34. The first-order valence-corrected chi connectivity index (χ1v) is 7.08. The first kappa shape index (κ1) is 13.0. The third-order valence-corrected chi connectivity index (χ3v) is 3.85. The minimum absolute atomic E-state index is 0.773. The molecular weight excluding hydrogens is 182 g/mol. The third kappa shape index (κ3) is 5.55. The number of hydrogen-bond donors (Lipinski definition) is 1. The van der Waals surface area contributed by atoms with Gasteiger partial charge in [-0.3, -0.25) is 0 Å². The molecule has 0 heterocycles. The summed E-state index contributed by atoms with van der Waals surface area (Å²) in [5.41, 5.74) is 0. The van der Waals surface area contributed by atoms with Gasteiger partial charge in [0.05, 0.1) is 0 Å². The Morgan fingerprint density at radius 1 is 1.07 bits per heavy atom. The van der Waals surface area contributed by atoms with Crippen molar-refractivity contribution in [2.24, 2.45) is 5.92 Å². The molecule has 0 aromatic heterocycles. The molecule has 0 bridgehead atoms. The van der Waals surface area contributed by atoms with Gasteiger partial charge in [0.25, 0.3) is 0 Å². The fraction of sp³-hybridized carbons (Fsp3) is 1.00. The van der Waals surface area contributed by atoms with Crippen molar-refractivity contribution in [2.45, 2.75) is 77.7 Å². The zero-order chi connectivity index (χ0) is 10.9. The van der Waals surface area contributed by atoms with Gasteiger partial charge in [-0.1, -0.05) is 45.4 Å². The van der Waals surface area contributed by atoms with Crippen LogP contribution in [0.3, 0.4) is 0 Å². The average molecular weight is 211 g/mol. The summed E-state index contributed by atoms with van der Waals surface area (Å²) < 4.78 is 0. The Balaban J connectivity index is 1.79. The quantitative estimate of drug-likeness (QED) is 0.566. The lowest BCUT2D eigenvalue weighted by Crippen LogP contribution is -2.37. The molecule has 1 N–H and O–H groups in total. The standard InChI is InChI=1S/C14H29N/c1-3-4-5-6-7-8-12-15-13(2)14-10-9-11-14/h13-15H,3-12H2,1-2H3. The molecule has 1 aliphatic rings. The molecule has 0 spiro atoms. The maximum Gasteiger partial charge on any atom is 0.00669 e. The van der Waals surface area contributed by atoms with E-state index in [0.29, 0.717) is 0 Å². The van der Waals surface area contributed by atoms with Crippen molar-refractivity contribution < 1.29 is 0 Å². The molecule has 1 rings (SSSR count). The van der Waals surface area contributed by atoms with Crippen molar-refractivity contribution in [1.29, 1.82) is 0 Å². The Bertz CT molecular complexity index is 140. The lowest BCUT2D eigenvalue weighted by atomic mass is 9.80. The smallest absolute Gasteiger partial charge is 0.00669 e. The minimum atomic E-state index is 0.773. The van der Waals surface area contributed by atoms with Gasteiger partial charge in [0.15, 0.2) is 0 Å². The highest BCUT2D eigenvalue weighted by Crippen LogP contribution is 2.29. The third-order valence-electron chi connectivity index (χ3n) is 3.85. The van der Waals surface area contributed by atoms with Gasteiger partial charge >= 0.3 is 0 Å². The second-order valence-corrected chi connectivity index (χ2v) is 5.20. The van der Waals surface area contributed by atoms with Crippen LogP contribution in [0.5, 0.6) is 0 Å². The second-order valence-electron chi connectivity index (χ2n) is 5.20. The van der Waals surface area contributed by atoms with Crippen molar-refractivity contribution in [3.63, 3.8) is 0 Å². The van der Waals surface area contributed by atoms with Crippen LogP contribution in [-0.2, 0) is 0 Å². The lowest BCUT2D eigenvalue weighted by molar-refractivity contribution is 0.240. The van der Waals surface area contributed by atoms with Crippen molar-refractivity contribution in [3.8, 4) is 0 Å². The molecule has 0 aliphatic heterocycles. The summed E-state index contributed by atoms with van der Waals surface area (Å²) in [4.78, 5) is 0. The summed E-state index contributed by atoms with van der Waals surface area (Å²) in [7, 11) is 0. The zero-order valence-electron chi connectivity index (χ0n) is 10.7. The number of nitrogens with one attached hydrogen (secondary N) is 1. The molecule has 1 aliphatic carbocycles. The van der Waals surface area contributed by atoms with E-state index >= 15 is 0 Å². The van der Waals surface area contributed by atoms with Gasteiger partial charge in [-0.05, 0) is 38.6 Å². The minimum Gasteiger partial charge on any atom is -0.314 e. The van der Waals surface area contributed by atoms with Crippen molar-refractivity contribution in [2.75, 3.05) is 6.54 Å². The normalized spacial score (nSPS) is 18.8. The van der Waals surface area contributed by atoms with Crippen molar-refractivity contribution in [1.82, 2.24) is 5.32 Å². The van der Waals surface area contributed by atoms with E-state index in [9.17, 15) is 0 Å². The van der Waals surface area contributed by atoms with Crippen LogP contribution in [0.2, 0.25) is 0 Å². The van der Waals surface area contributed by atoms with Crippen LogP contribution in [0.25, 0.3) is 0 Å². The molecule has 0 amide bonds. The molecule has 1 atom stereocenters. The largest absolute Gasteiger partial charge is 0.314 e. The van der Waals surface area contributed by atoms with Gasteiger partial charge in [-0.25, -0.2) is 0 Å². The van der Waals surface area contributed by atoms with E-state index in [1.165, 1.54) is 64.3 Å². The van der Waals surface area contributed by atoms with Gasteiger partial charge in [0.1, 0.15) is 0 Å². The summed E-state index contributed by atoms with van der Waals surface area (Å²) in [6, 6.07) is 0.773. The number of unbranched alkanes of at least 4 members (excludes halogenated alkanes) is 5. The molecular formula is C14H29N. The first-order chi connectivity index (χ1) is 7.34. The molecule has 1 fully saturated rings. The van der Waals surface area contributed by atoms with E-state index in [1.807, 2.05) is 0 Å². The fourth-order valence-corrected chi connectivity index (χ4v) is 2.34. The van der Waals surface area contributed by atoms with Crippen LogP contribution in [0, 0.1) is 5.92 Å². The summed E-state index contributed by atoms with van der Waals surface area (Å²) in [5.74, 6) is 0.991. The van der Waals surface area contributed by atoms with E-state index in [0.717, 1.165) is 12.0 Å². The van der Waals surface area contributed by atoms with Crippen LogP contribution in [0.15, 0.2) is 0 Å². The van der Waals surface area contributed by atoms with E-state index in [1.54, 1.807) is 0 Å². The van der Waals surface area contributed by atoms with Crippen molar-refractivity contribution in [3.05, 3.63) is 0 Å². The molecule has 0 radical (unpaired) electrons. The molecule has 90 valence electrons. The predicted molar refractivity (Wildman–Crippen MR) is 68.2 cm³/mol. The Morgan fingerprint density at radius 2 is 1.73 bits per heavy atom. The monoisotopic (exact) mass is 211 g/mol. The Labute approximate surface area is 96.0 Å². The zero-order valence-corrected chi connectivity index (χ0v) is 10.7. The van der Waals surface area contributed by atoms with E-state index in [2.05, 4.69) is 19.2 Å². The average Bonchev–Trinajstić information content (AvgIpc) is 2.14. The van der Waals surface area contributed by atoms with Crippen LogP contribution in [-0.4, -0.2) is 12.6 Å². The maximum atomic E-state index is 3.68. The van der Waals surface area contributed by atoms with E-state index in [4.69, 9.17) is 0 Å². The van der Waals surface area contributed by atoms with E-state index in [-0.39, 0.29) is 0 Å². The van der Waals surface area contributed by atoms with E-state index < -0.39 is 0 Å². The van der Waals surface area contributed by atoms with Gasteiger partial charge < -0.3 is 5.32 Å². The summed E-state index contributed by atoms with van der Waals surface area (Å²) in [6.07, 6.45) is 12.8. The van der Waals surface area contributed by atoms with Crippen LogP contribution < -0.4 is 5.32 Å². The molecule has 1 nitrogen and oxygen atoms in total. The summed E-state index contributed by atoms with van der Waals surface area (Å²) in [6.45, 7) is 5.88. The highest BCUT2D eigenvalue weighted by molar-refractivity contribution is 4.79. The lowest BCUT2D eigenvalue weighted by Gasteiger charge is -2.32. The van der Waals surface area contributed by atoms with Crippen LogP contribution in [0.1, 0.15) is 71.6 Å². The van der Waals surface area contributed by atoms with Gasteiger partial charge in [0, 0.05) is 6.04 Å². The molecule has 1 heteroatoms. The molecule has 1 saturated carbocycles. The highest BCUT2D eigenvalue weighted by Gasteiger charge is 2.22. The number of hydrogen-bond acceptors (Lipinski definition) is 1. The maximum absolute atomic E-state index is 3.68. The SMILES string of the molecule is CCCCCCCCNC(C)C1CCC1. The molecule has 0 saturated heterocycles. The Morgan fingerprint density at radius 3 is 2.33 bits per heavy atom. The molecule has 0 aromatic rings. The van der Waals surface area contributed by atoms with Gasteiger partial charge in [-0.15, -0.1) is 0 Å². The first-order valence-electron chi connectivity index (χ1n) is 7.08. The Hall–Kier alpha value is -0.0400. The predicted octanol–water partition coefficient (Wildman–Crippen LogP) is 4.13. The molecule has 0 aromatic carbocycles. The Kier molecular flexibility index (Phi) is 7.08.